The van der Waals surface area contributed by atoms with Crippen molar-refractivity contribution in [1.29, 1.82) is 0 Å². The Hall–Kier alpha value is -1.80. The molecule has 0 aromatic rings. The van der Waals surface area contributed by atoms with Crippen molar-refractivity contribution in [2.75, 3.05) is 40.0 Å². The van der Waals surface area contributed by atoms with Crippen molar-refractivity contribution >= 4 is 33.3 Å². The van der Waals surface area contributed by atoms with Crippen LogP contribution in [0.25, 0.3) is 0 Å². The van der Waals surface area contributed by atoms with Crippen molar-refractivity contribution in [2.24, 2.45) is 0 Å². The quantitative estimate of drug-likeness (QED) is 0.0433. The first-order valence-electron chi connectivity index (χ1n) is 15.9. The summed E-state index contributed by atoms with van der Waals surface area (Å²) in [4.78, 5) is 24.4. The van der Waals surface area contributed by atoms with E-state index in [2.05, 4.69) is 99.0 Å². The summed E-state index contributed by atoms with van der Waals surface area (Å²) in [5.41, 5.74) is 0. The third-order valence-corrected chi connectivity index (χ3v) is 9.51. The molecule has 244 valence electrons. The Balaban J connectivity index is 3.79. The Kier molecular flexibility index (Phi) is 25.5. The molecule has 1 amide bonds. The van der Waals surface area contributed by atoms with E-state index in [1.807, 2.05) is 21.1 Å². The Morgan fingerprint density at radius 1 is 0.791 bits per heavy atom. The smallest absolute Gasteiger partial charge is 0.220 e. The average Bonchev–Trinajstić information content (AvgIpc) is 2.92. The molecule has 0 aliphatic carbocycles. The number of quaternary nitrogens is 1. The number of Topliss-reactive ketones (excluding diaryl/α,β-unsaturated/α-hetero) is 1. The van der Waals surface area contributed by atoms with E-state index < -0.39 is 6.10 Å². The molecule has 1 unspecified atom stereocenters. The van der Waals surface area contributed by atoms with Crippen LogP contribution in [-0.2, 0) is 9.59 Å². The summed E-state index contributed by atoms with van der Waals surface area (Å²) in [7, 11) is 9.54. The minimum absolute atomic E-state index is 0.0363. The van der Waals surface area contributed by atoms with E-state index >= 15 is 0 Å². The van der Waals surface area contributed by atoms with E-state index in [1.165, 1.54) is 0 Å². The third-order valence-electron chi connectivity index (χ3n) is 6.15. The highest BCUT2D eigenvalue weighted by atomic mass is 33.1. The van der Waals surface area contributed by atoms with Gasteiger partial charge in [0.05, 0.1) is 21.1 Å². The van der Waals surface area contributed by atoms with Gasteiger partial charge in [-0.15, -0.1) is 0 Å². The standard InChI is InChI=1S/C36H60N2O3S2/c1-7-8-9-10-11-12-13-14-15-16-17-18-19-20-21-22-23-24-25-26-35(41)37-29-30-42-43-36(2,3)28-27-33(39)31-34(40)32-38(4,5)6/h8-9,11-12,14-15,17-18,20-21,23-24,34,40H,7,10,13,16,19,22,25-32H2,1-6H3/p+1/b9-8-,12-11-,15-14-,18-17-,21-20-,24-23-. The first-order valence-corrected chi connectivity index (χ1v) is 18.2. The summed E-state index contributed by atoms with van der Waals surface area (Å²) >= 11 is 0. The van der Waals surface area contributed by atoms with Gasteiger partial charge in [-0.3, -0.25) is 9.59 Å². The third kappa shape index (κ3) is 31.4. The summed E-state index contributed by atoms with van der Waals surface area (Å²) in [6, 6.07) is 0. The van der Waals surface area contributed by atoms with Crippen LogP contribution >= 0.6 is 21.6 Å². The predicted octanol–water partition coefficient (Wildman–Crippen LogP) is 8.55. The summed E-state index contributed by atoms with van der Waals surface area (Å²) in [5, 5.41) is 13.1. The minimum atomic E-state index is -0.583. The van der Waals surface area contributed by atoms with Gasteiger partial charge in [-0.05, 0) is 65.2 Å². The van der Waals surface area contributed by atoms with Crippen molar-refractivity contribution < 1.29 is 19.2 Å². The number of aliphatic hydroxyl groups is 1. The van der Waals surface area contributed by atoms with Crippen molar-refractivity contribution in [3.63, 3.8) is 0 Å². The Morgan fingerprint density at radius 2 is 1.28 bits per heavy atom. The maximum Gasteiger partial charge on any atom is 0.220 e. The van der Waals surface area contributed by atoms with Gasteiger partial charge in [0.25, 0.3) is 0 Å². The molecular formula is C36H61N2O3S2+. The zero-order valence-electron chi connectivity index (χ0n) is 27.9. The SMILES string of the molecule is CC/C=C\C/C=C\C/C=C\C/C=C\C/C=C\C/C=C\CCC(=O)NCCSSC(C)(C)CCC(=O)CC(O)C[N+](C)(C)C. The largest absolute Gasteiger partial charge is 0.387 e. The summed E-state index contributed by atoms with van der Waals surface area (Å²) in [6.45, 7) is 7.66. The highest BCUT2D eigenvalue weighted by molar-refractivity contribution is 8.77. The highest BCUT2D eigenvalue weighted by Gasteiger charge is 2.23. The van der Waals surface area contributed by atoms with Crippen LogP contribution in [0.4, 0.5) is 0 Å². The van der Waals surface area contributed by atoms with Crippen LogP contribution in [0.2, 0.25) is 0 Å². The normalized spacial score (nSPS) is 14.0. The molecule has 0 saturated carbocycles. The number of hydrogen-bond acceptors (Lipinski definition) is 5. The van der Waals surface area contributed by atoms with E-state index in [-0.39, 0.29) is 22.9 Å². The summed E-state index contributed by atoms with van der Waals surface area (Å²) in [6.07, 6.45) is 34.3. The molecule has 0 aliphatic heterocycles. The molecule has 43 heavy (non-hydrogen) atoms. The van der Waals surface area contributed by atoms with Crippen molar-refractivity contribution in [2.45, 2.75) is 102 Å². The van der Waals surface area contributed by atoms with Gasteiger partial charge in [-0.2, -0.15) is 0 Å². The van der Waals surface area contributed by atoms with Gasteiger partial charge in [0.2, 0.25) is 5.91 Å². The second kappa shape index (κ2) is 26.6. The second-order valence-corrected chi connectivity index (χ2v) is 15.5. The van der Waals surface area contributed by atoms with Crippen LogP contribution < -0.4 is 5.32 Å². The number of nitrogens with zero attached hydrogens (tertiary/aromatic N) is 1. The van der Waals surface area contributed by atoms with Crippen molar-refractivity contribution in [3.8, 4) is 0 Å². The lowest BCUT2D eigenvalue weighted by Gasteiger charge is -2.27. The Labute approximate surface area is 272 Å². The molecule has 1 atom stereocenters. The first kappa shape index (κ1) is 41.2. The van der Waals surface area contributed by atoms with Crippen molar-refractivity contribution in [1.82, 2.24) is 5.32 Å². The second-order valence-electron chi connectivity index (χ2n) is 12.3. The predicted molar refractivity (Wildman–Crippen MR) is 192 cm³/mol. The van der Waals surface area contributed by atoms with E-state index in [9.17, 15) is 14.7 Å². The fourth-order valence-corrected chi connectivity index (χ4v) is 6.40. The maximum atomic E-state index is 12.3. The number of carbonyl (C=O) groups is 2. The van der Waals surface area contributed by atoms with Crippen LogP contribution in [0.1, 0.15) is 91.4 Å². The molecule has 0 aromatic heterocycles. The molecule has 0 spiro atoms. The van der Waals surface area contributed by atoms with Gasteiger partial charge in [0.1, 0.15) is 18.4 Å². The fourth-order valence-electron chi connectivity index (χ4n) is 3.92. The number of amides is 1. The minimum Gasteiger partial charge on any atom is -0.387 e. The number of aliphatic hydroxyl groups excluding tert-OH is 1. The fraction of sp³-hybridized carbons (Fsp3) is 0.611. The lowest BCUT2D eigenvalue weighted by Crippen LogP contribution is -2.42. The van der Waals surface area contributed by atoms with Crippen molar-refractivity contribution in [3.05, 3.63) is 72.9 Å². The molecule has 0 bridgehead atoms. The van der Waals surface area contributed by atoms with Gasteiger partial charge in [0.15, 0.2) is 0 Å². The van der Waals surface area contributed by atoms with E-state index in [1.54, 1.807) is 21.6 Å². The summed E-state index contributed by atoms with van der Waals surface area (Å²) in [5.74, 6) is 1.04. The number of ketones is 1. The topological polar surface area (TPSA) is 66.4 Å². The monoisotopic (exact) mass is 633 g/mol. The Morgan fingerprint density at radius 3 is 1.77 bits per heavy atom. The van der Waals surface area contributed by atoms with Gasteiger partial charge < -0.3 is 14.9 Å². The lowest BCUT2D eigenvalue weighted by atomic mass is 10.0. The molecule has 7 heteroatoms. The van der Waals surface area contributed by atoms with Gasteiger partial charge in [-0.25, -0.2) is 0 Å². The van der Waals surface area contributed by atoms with Crippen LogP contribution in [0, 0.1) is 0 Å². The van der Waals surface area contributed by atoms with E-state index in [0.29, 0.717) is 30.4 Å². The number of likely N-dealkylation sites (N-methyl/N-ethyl adjacent to an activating group) is 1. The molecule has 0 fully saturated rings. The first-order chi connectivity index (χ1) is 20.4. The van der Waals surface area contributed by atoms with E-state index in [0.717, 1.165) is 57.1 Å². The van der Waals surface area contributed by atoms with Crippen LogP contribution in [0.5, 0.6) is 0 Å². The molecule has 5 nitrogen and oxygen atoms in total. The molecule has 2 N–H and O–H groups in total. The average molecular weight is 634 g/mol. The number of allylic oxidation sites excluding steroid dienone is 12. The van der Waals surface area contributed by atoms with Crippen LogP contribution in [0.3, 0.4) is 0 Å². The molecule has 0 aromatic carbocycles. The van der Waals surface area contributed by atoms with Crippen LogP contribution in [0.15, 0.2) is 72.9 Å². The molecule has 0 saturated heterocycles. The zero-order chi connectivity index (χ0) is 32.2. The molecular weight excluding hydrogens is 573 g/mol. The van der Waals surface area contributed by atoms with E-state index in [4.69, 9.17) is 0 Å². The molecule has 0 aliphatic rings. The number of nitrogens with one attached hydrogen (secondary N) is 1. The number of carbonyl (C=O) groups excluding carboxylic acids is 2. The van der Waals surface area contributed by atoms with Gasteiger partial charge in [-0.1, -0.05) is 101 Å². The molecule has 0 radical (unpaired) electrons. The number of rotatable bonds is 26. The van der Waals surface area contributed by atoms with Gasteiger partial charge >= 0.3 is 0 Å². The molecule has 0 rings (SSSR count). The maximum absolute atomic E-state index is 12.3. The molecule has 0 heterocycles. The summed E-state index contributed by atoms with van der Waals surface area (Å²) < 4.78 is 0.608. The Bertz CT molecular complexity index is 912. The highest BCUT2D eigenvalue weighted by Crippen LogP contribution is 2.38. The van der Waals surface area contributed by atoms with Crippen LogP contribution in [-0.4, -0.2) is 72.1 Å². The lowest BCUT2D eigenvalue weighted by molar-refractivity contribution is -0.873. The zero-order valence-corrected chi connectivity index (χ0v) is 29.6. The van der Waals surface area contributed by atoms with Gasteiger partial charge in [0, 0.05) is 36.3 Å². The number of hydrogen-bond donors (Lipinski definition) is 2.